The molecule has 0 aliphatic carbocycles. The third-order valence-corrected chi connectivity index (χ3v) is 6.15. The van der Waals surface area contributed by atoms with Crippen LogP contribution in [0.15, 0.2) is 42.6 Å². The number of carbonyl (C=O) groups excluding carboxylic acids is 1. The molecule has 1 atom stereocenters. The van der Waals surface area contributed by atoms with Gasteiger partial charge in [-0.2, -0.15) is 0 Å². The van der Waals surface area contributed by atoms with Gasteiger partial charge in [0.15, 0.2) is 0 Å². The second-order valence-electron chi connectivity index (χ2n) is 7.91. The SMILES string of the molecule is CCC1CCCCN1c1ccnc(C(=O)N2CCN(c3ccc(F)cc3)CC2)c1. The number of aromatic nitrogens is 1. The van der Waals surface area contributed by atoms with Crippen molar-refractivity contribution in [2.24, 2.45) is 0 Å². The van der Waals surface area contributed by atoms with Gasteiger partial charge in [0.05, 0.1) is 0 Å². The Bertz CT molecular complexity index is 833. The molecule has 1 aromatic heterocycles. The normalized spacial score (nSPS) is 20.1. The molecule has 0 spiro atoms. The monoisotopic (exact) mass is 396 g/mol. The van der Waals surface area contributed by atoms with Crippen LogP contribution in [0.4, 0.5) is 15.8 Å². The molecule has 1 aromatic carbocycles. The lowest BCUT2D eigenvalue weighted by Gasteiger charge is -2.38. The van der Waals surface area contributed by atoms with Crippen molar-refractivity contribution in [2.45, 2.75) is 38.6 Å². The van der Waals surface area contributed by atoms with E-state index >= 15 is 0 Å². The van der Waals surface area contributed by atoms with E-state index < -0.39 is 0 Å². The summed E-state index contributed by atoms with van der Waals surface area (Å²) in [7, 11) is 0. The second-order valence-corrected chi connectivity index (χ2v) is 7.91. The average Bonchev–Trinajstić information content (AvgIpc) is 2.79. The number of rotatable bonds is 4. The Labute approximate surface area is 172 Å². The molecule has 0 N–H and O–H groups in total. The molecule has 2 aliphatic heterocycles. The first-order valence-electron chi connectivity index (χ1n) is 10.7. The first-order chi connectivity index (χ1) is 14.2. The van der Waals surface area contributed by atoms with Crippen LogP contribution < -0.4 is 9.80 Å². The minimum Gasteiger partial charge on any atom is -0.368 e. The maximum atomic E-state index is 13.1. The molecule has 154 valence electrons. The number of benzene rings is 1. The number of amides is 1. The minimum absolute atomic E-state index is 0.00401. The number of piperidine rings is 1. The Morgan fingerprint density at radius 3 is 2.52 bits per heavy atom. The third kappa shape index (κ3) is 4.36. The molecular weight excluding hydrogens is 367 g/mol. The topological polar surface area (TPSA) is 39.7 Å². The zero-order chi connectivity index (χ0) is 20.2. The number of halogens is 1. The van der Waals surface area contributed by atoms with Crippen LogP contribution in [0.25, 0.3) is 0 Å². The fourth-order valence-electron chi connectivity index (χ4n) is 4.46. The van der Waals surface area contributed by atoms with Crippen LogP contribution in [0.5, 0.6) is 0 Å². The quantitative estimate of drug-likeness (QED) is 0.785. The lowest BCUT2D eigenvalue weighted by molar-refractivity contribution is 0.0741. The molecule has 0 saturated carbocycles. The molecule has 29 heavy (non-hydrogen) atoms. The van der Waals surface area contributed by atoms with E-state index in [1.165, 1.54) is 31.4 Å². The highest BCUT2D eigenvalue weighted by Gasteiger charge is 2.25. The minimum atomic E-state index is -0.229. The summed E-state index contributed by atoms with van der Waals surface area (Å²) in [5.41, 5.74) is 2.63. The van der Waals surface area contributed by atoms with E-state index in [-0.39, 0.29) is 11.7 Å². The summed E-state index contributed by atoms with van der Waals surface area (Å²) in [6, 6.07) is 11.1. The van der Waals surface area contributed by atoms with E-state index in [0.29, 0.717) is 24.8 Å². The van der Waals surface area contributed by atoms with Crippen LogP contribution in [-0.2, 0) is 0 Å². The van der Waals surface area contributed by atoms with Crippen molar-refractivity contribution < 1.29 is 9.18 Å². The summed E-state index contributed by atoms with van der Waals surface area (Å²) in [5.74, 6) is -0.233. The fourth-order valence-corrected chi connectivity index (χ4v) is 4.46. The predicted octanol–water partition coefficient (Wildman–Crippen LogP) is 3.95. The van der Waals surface area contributed by atoms with Crippen LogP contribution in [0.2, 0.25) is 0 Å². The highest BCUT2D eigenvalue weighted by atomic mass is 19.1. The lowest BCUT2D eigenvalue weighted by atomic mass is 9.99. The predicted molar refractivity (Wildman–Crippen MR) is 114 cm³/mol. The van der Waals surface area contributed by atoms with E-state index in [0.717, 1.165) is 37.4 Å². The third-order valence-electron chi connectivity index (χ3n) is 6.15. The van der Waals surface area contributed by atoms with Crippen LogP contribution in [0.3, 0.4) is 0 Å². The number of carbonyl (C=O) groups is 1. The largest absolute Gasteiger partial charge is 0.368 e. The molecule has 1 amide bonds. The van der Waals surface area contributed by atoms with E-state index in [4.69, 9.17) is 0 Å². The lowest BCUT2D eigenvalue weighted by Crippen LogP contribution is -2.49. The molecular formula is C23H29FN4O. The van der Waals surface area contributed by atoms with Gasteiger partial charge in [-0.25, -0.2) is 4.39 Å². The first-order valence-corrected chi connectivity index (χ1v) is 10.7. The molecule has 2 aromatic rings. The molecule has 4 rings (SSSR count). The molecule has 1 unspecified atom stereocenters. The van der Waals surface area contributed by atoms with Crippen molar-refractivity contribution in [3.63, 3.8) is 0 Å². The van der Waals surface area contributed by atoms with Crippen LogP contribution in [0.1, 0.15) is 43.1 Å². The summed E-state index contributed by atoms with van der Waals surface area (Å²) in [4.78, 5) is 23.9. The van der Waals surface area contributed by atoms with Gasteiger partial charge in [0, 0.05) is 56.3 Å². The van der Waals surface area contributed by atoms with Gasteiger partial charge >= 0.3 is 0 Å². The average molecular weight is 397 g/mol. The maximum absolute atomic E-state index is 13.1. The first kappa shape index (κ1) is 19.7. The maximum Gasteiger partial charge on any atom is 0.272 e. The van der Waals surface area contributed by atoms with Crippen LogP contribution in [0, 0.1) is 5.82 Å². The number of hydrogen-bond acceptors (Lipinski definition) is 4. The van der Waals surface area contributed by atoms with E-state index in [9.17, 15) is 9.18 Å². The van der Waals surface area contributed by atoms with Crippen molar-refractivity contribution in [3.05, 3.63) is 54.1 Å². The number of piperazine rings is 1. The van der Waals surface area contributed by atoms with Crippen molar-refractivity contribution in [3.8, 4) is 0 Å². The van der Waals surface area contributed by atoms with E-state index in [2.05, 4.69) is 21.7 Å². The van der Waals surface area contributed by atoms with Crippen molar-refractivity contribution in [1.82, 2.24) is 9.88 Å². The van der Waals surface area contributed by atoms with Crippen molar-refractivity contribution in [1.29, 1.82) is 0 Å². The number of hydrogen-bond donors (Lipinski definition) is 0. The highest BCUT2D eigenvalue weighted by Crippen LogP contribution is 2.27. The fraction of sp³-hybridized carbons (Fsp3) is 0.478. The smallest absolute Gasteiger partial charge is 0.272 e. The molecule has 3 heterocycles. The molecule has 5 nitrogen and oxygen atoms in total. The molecule has 0 radical (unpaired) electrons. The summed E-state index contributed by atoms with van der Waals surface area (Å²) < 4.78 is 13.1. The van der Waals surface area contributed by atoms with Crippen molar-refractivity contribution >= 4 is 17.3 Å². The van der Waals surface area contributed by atoms with Gasteiger partial charge in [0.25, 0.3) is 5.91 Å². The zero-order valence-corrected chi connectivity index (χ0v) is 17.1. The Hall–Kier alpha value is -2.63. The van der Waals surface area contributed by atoms with Gasteiger partial charge in [-0.15, -0.1) is 0 Å². The Kier molecular flexibility index (Phi) is 5.97. The standard InChI is InChI=1S/C23H29FN4O/c1-2-19-5-3-4-12-28(19)21-10-11-25-22(17-21)23(29)27-15-13-26(14-16-27)20-8-6-18(24)7-9-20/h6-11,17,19H,2-5,12-16H2,1H3. The molecule has 2 aliphatic rings. The van der Waals surface area contributed by atoms with Gasteiger partial charge in [-0.3, -0.25) is 9.78 Å². The Morgan fingerprint density at radius 1 is 1.03 bits per heavy atom. The Morgan fingerprint density at radius 2 is 1.79 bits per heavy atom. The number of pyridine rings is 1. The summed E-state index contributed by atoms with van der Waals surface area (Å²) >= 11 is 0. The highest BCUT2D eigenvalue weighted by molar-refractivity contribution is 5.93. The number of anilines is 2. The van der Waals surface area contributed by atoms with E-state index in [1.807, 2.05) is 17.0 Å². The van der Waals surface area contributed by atoms with E-state index in [1.54, 1.807) is 18.3 Å². The zero-order valence-electron chi connectivity index (χ0n) is 17.1. The molecule has 2 saturated heterocycles. The summed E-state index contributed by atoms with van der Waals surface area (Å²) in [5, 5.41) is 0. The second kappa shape index (κ2) is 8.80. The summed E-state index contributed by atoms with van der Waals surface area (Å²) in [6.45, 7) is 6.04. The molecule has 0 bridgehead atoms. The van der Waals surface area contributed by atoms with Gasteiger partial charge in [-0.05, 0) is 62.1 Å². The molecule has 6 heteroatoms. The van der Waals surface area contributed by atoms with Crippen LogP contribution >= 0.6 is 0 Å². The van der Waals surface area contributed by atoms with Gasteiger partial charge < -0.3 is 14.7 Å². The molecule has 2 fully saturated rings. The van der Waals surface area contributed by atoms with Gasteiger partial charge in [0.2, 0.25) is 0 Å². The van der Waals surface area contributed by atoms with Gasteiger partial charge in [-0.1, -0.05) is 6.92 Å². The van der Waals surface area contributed by atoms with Crippen LogP contribution in [-0.4, -0.2) is 54.6 Å². The summed E-state index contributed by atoms with van der Waals surface area (Å²) in [6.07, 6.45) is 6.58. The van der Waals surface area contributed by atoms with Gasteiger partial charge in [0.1, 0.15) is 11.5 Å². The van der Waals surface area contributed by atoms with Crippen molar-refractivity contribution in [2.75, 3.05) is 42.5 Å². The number of nitrogens with zero attached hydrogens (tertiary/aromatic N) is 4. The Balaban J connectivity index is 1.42.